The molecule has 0 amide bonds. The second kappa shape index (κ2) is 6.28. The van der Waals surface area contributed by atoms with Crippen LogP contribution in [0.4, 0.5) is 0 Å². The van der Waals surface area contributed by atoms with E-state index in [2.05, 4.69) is 0 Å². The Hall–Kier alpha value is -1.51. The van der Waals surface area contributed by atoms with Gasteiger partial charge in [-0.1, -0.05) is 30.3 Å². The molecule has 3 fully saturated rings. The SMILES string of the molecule is CC1(C)O[C@H]2OC(/C=[N+](\[O-])Cc3ccccc3)[C@@H]3OC(C)(C)O[C@@H]3[C@H]2O1. The van der Waals surface area contributed by atoms with Crippen molar-refractivity contribution < 1.29 is 28.4 Å². The molecule has 5 atom stereocenters. The fourth-order valence-corrected chi connectivity index (χ4v) is 3.74. The minimum Gasteiger partial charge on any atom is -0.624 e. The van der Waals surface area contributed by atoms with Crippen molar-refractivity contribution in [3.05, 3.63) is 41.1 Å². The maximum Gasteiger partial charge on any atom is 0.190 e. The molecule has 1 aromatic carbocycles. The fourth-order valence-electron chi connectivity index (χ4n) is 3.74. The molecular weight excluding hydrogens is 338 g/mol. The van der Waals surface area contributed by atoms with Gasteiger partial charge in [0.25, 0.3) is 0 Å². The molecule has 7 heteroatoms. The third-order valence-corrected chi connectivity index (χ3v) is 4.68. The van der Waals surface area contributed by atoms with Crippen molar-refractivity contribution in [3.8, 4) is 0 Å². The van der Waals surface area contributed by atoms with Gasteiger partial charge in [0.15, 0.2) is 36.7 Å². The summed E-state index contributed by atoms with van der Waals surface area (Å²) in [6.07, 6.45) is -0.874. The van der Waals surface area contributed by atoms with Crippen molar-refractivity contribution in [1.82, 2.24) is 0 Å². The molecule has 0 saturated carbocycles. The summed E-state index contributed by atoms with van der Waals surface area (Å²) in [5.41, 5.74) is 0.925. The predicted molar refractivity (Wildman–Crippen MR) is 92.4 cm³/mol. The highest BCUT2D eigenvalue weighted by Crippen LogP contribution is 2.43. The van der Waals surface area contributed by atoms with Gasteiger partial charge in [-0.2, -0.15) is 0 Å². The third kappa shape index (κ3) is 3.50. The van der Waals surface area contributed by atoms with Gasteiger partial charge in [0, 0.05) is 5.56 Å². The van der Waals surface area contributed by atoms with Crippen molar-refractivity contribution in [3.63, 3.8) is 0 Å². The van der Waals surface area contributed by atoms with Crippen molar-refractivity contribution in [2.24, 2.45) is 0 Å². The van der Waals surface area contributed by atoms with Crippen LogP contribution in [0.2, 0.25) is 0 Å². The summed E-state index contributed by atoms with van der Waals surface area (Å²) in [5.74, 6) is -1.55. The Kier molecular flexibility index (Phi) is 4.32. The number of hydroxylamine groups is 1. The minimum atomic E-state index is -0.775. The molecule has 142 valence electrons. The van der Waals surface area contributed by atoms with Gasteiger partial charge in [0.2, 0.25) is 0 Å². The van der Waals surface area contributed by atoms with Gasteiger partial charge in [-0.25, -0.2) is 4.74 Å². The highest BCUT2D eigenvalue weighted by Gasteiger charge is 2.61. The van der Waals surface area contributed by atoms with E-state index in [1.807, 2.05) is 58.0 Å². The van der Waals surface area contributed by atoms with Crippen LogP contribution in [0, 0.1) is 5.21 Å². The monoisotopic (exact) mass is 363 g/mol. The van der Waals surface area contributed by atoms with Crippen LogP contribution in [0.5, 0.6) is 0 Å². The molecule has 0 aromatic heterocycles. The van der Waals surface area contributed by atoms with Gasteiger partial charge in [-0.05, 0) is 27.7 Å². The van der Waals surface area contributed by atoms with Gasteiger partial charge in [-0.3, -0.25) is 0 Å². The lowest BCUT2D eigenvalue weighted by atomic mass is 9.99. The van der Waals surface area contributed by atoms with Gasteiger partial charge < -0.3 is 28.9 Å². The number of benzene rings is 1. The first kappa shape index (κ1) is 17.9. The number of rotatable bonds is 3. The van der Waals surface area contributed by atoms with Crippen LogP contribution in [0.3, 0.4) is 0 Å². The molecule has 1 aromatic rings. The molecule has 3 aliphatic rings. The zero-order valence-electron chi connectivity index (χ0n) is 15.5. The Labute approximate surface area is 153 Å². The zero-order valence-corrected chi connectivity index (χ0v) is 15.5. The summed E-state index contributed by atoms with van der Waals surface area (Å²) < 4.78 is 30.7. The number of fused-ring (bicyclic) bond motifs is 3. The number of hydrogen-bond acceptors (Lipinski definition) is 6. The molecule has 26 heavy (non-hydrogen) atoms. The van der Waals surface area contributed by atoms with E-state index in [1.54, 1.807) is 0 Å². The van der Waals surface area contributed by atoms with E-state index in [4.69, 9.17) is 23.7 Å². The minimum absolute atomic E-state index is 0.235. The largest absolute Gasteiger partial charge is 0.624 e. The highest BCUT2D eigenvalue weighted by atomic mass is 16.9. The molecular formula is C19H25NO6. The second-order valence-electron chi connectivity index (χ2n) is 7.84. The van der Waals surface area contributed by atoms with Crippen LogP contribution in [0.15, 0.2) is 30.3 Å². The molecule has 0 spiro atoms. The van der Waals surface area contributed by atoms with Crippen molar-refractivity contribution in [2.45, 2.75) is 76.5 Å². The number of hydrogen-bond donors (Lipinski definition) is 0. The maximum atomic E-state index is 12.5. The average molecular weight is 363 g/mol. The molecule has 0 aliphatic carbocycles. The average Bonchev–Trinajstić information content (AvgIpc) is 3.03. The molecule has 0 radical (unpaired) electrons. The van der Waals surface area contributed by atoms with Crippen LogP contribution in [-0.4, -0.2) is 53.2 Å². The number of nitrogens with zero attached hydrogens (tertiary/aromatic N) is 1. The van der Waals surface area contributed by atoms with Crippen LogP contribution in [0.1, 0.15) is 33.3 Å². The summed E-state index contributed by atoms with van der Waals surface area (Å²) in [4.78, 5) is 0. The first-order valence-corrected chi connectivity index (χ1v) is 8.92. The standard InChI is InChI=1S/C19H25NO6/c1-18(2)23-14-13(11-20(21)10-12-8-6-5-7-9-12)22-17-16(15(14)24-18)25-19(3,4)26-17/h5-9,11,13-17H,10H2,1-4H3/b20-11-/t13?,14-,15-,16+,17+/m0/s1. The first-order valence-electron chi connectivity index (χ1n) is 8.92. The predicted octanol–water partition coefficient (Wildman–Crippen LogP) is 2.16. The molecule has 0 bridgehead atoms. The zero-order chi connectivity index (χ0) is 18.5. The fraction of sp³-hybridized carbons (Fsp3) is 0.632. The van der Waals surface area contributed by atoms with E-state index in [1.165, 1.54) is 6.21 Å². The molecule has 3 saturated heterocycles. The van der Waals surface area contributed by atoms with E-state index < -0.39 is 36.2 Å². The van der Waals surface area contributed by atoms with E-state index in [-0.39, 0.29) is 12.6 Å². The summed E-state index contributed by atoms with van der Waals surface area (Å²) in [7, 11) is 0. The van der Waals surface area contributed by atoms with E-state index in [0.717, 1.165) is 10.3 Å². The Morgan fingerprint density at radius 1 is 0.923 bits per heavy atom. The van der Waals surface area contributed by atoms with E-state index in [9.17, 15) is 5.21 Å². The lowest BCUT2D eigenvalue weighted by Crippen LogP contribution is -2.56. The quantitative estimate of drug-likeness (QED) is 0.355. The smallest absolute Gasteiger partial charge is 0.190 e. The molecule has 1 unspecified atom stereocenters. The van der Waals surface area contributed by atoms with Crippen LogP contribution in [-0.2, 0) is 30.2 Å². The number of ether oxygens (including phenoxy) is 5. The first-order chi connectivity index (χ1) is 12.2. The summed E-state index contributed by atoms with van der Waals surface area (Å²) in [6.45, 7) is 7.59. The van der Waals surface area contributed by atoms with Crippen molar-refractivity contribution in [2.75, 3.05) is 0 Å². The Balaban J connectivity index is 1.56. The molecule has 3 aliphatic heterocycles. The van der Waals surface area contributed by atoms with Crippen molar-refractivity contribution >= 4 is 6.21 Å². The molecule has 0 N–H and O–H groups in total. The maximum absolute atomic E-state index is 12.5. The van der Waals surface area contributed by atoms with Gasteiger partial charge in [-0.15, -0.1) is 0 Å². The molecule has 3 heterocycles. The normalized spacial score (nSPS) is 38.0. The van der Waals surface area contributed by atoms with Crippen molar-refractivity contribution in [1.29, 1.82) is 0 Å². The van der Waals surface area contributed by atoms with Gasteiger partial charge in [0.05, 0.1) is 0 Å². The van der Waals surface area contributed by atoms with Crippen LogP contribution < -0.4 is 0 Å². The Morgan fingerprint density at radius 3 is 2.27 bits per heavy atom. The summed E-state index contributed by atoms with van der Waals surface area (Å²) >= 11 is 0. The Bertz CT molecular complexity index is 689. The molecule has 7 nitrogen and oxygen atoms in total. The lowest BCUT2D eigenvalue weighted by molar-refractivity contribution is -0.474. The molecule has 4 rings (SSSR count). The lowest BCUT2D eigenvalue weighted by Gasteiger charge is -2.34. The van der Waals surface area contributed by atoms with Gasteiger partial charge >= 0.3 is 0 Å². The summed E-state index contributed by atoms with van der Waals surface area (Å²) in [6, 6.07) is 9.55. The Morgan fingerprint density at radius 2 is 1.54 bits per heavy atom. The van der Waals surface area contributed by atoms with Crippen LogP contribution in [0.25, 0.3) is 0 Å². The highest BCUT2D eigenvalue weighted by molar-refractivity contribution is 5.59. The van der Waals surface area contributed by atoms with E-state index in [0.29, 0.717) is 0 Å². The van der Waals surface area contributed by atoms with E-state index >= 15 is 0 Å². The summed E-state index contributed by atoms with van der Waals surface area (Å²) in [5, 5.41) is 12.5. The van der Waals surface area contributed by atoms with Gasteiger partial charge in [0.1, 0.15) is 18.3 Å². The van der Waals surface area contributed by atoms with Crippen LogP contribution >= 0.6 is 0 Å². The second-order valence-corrected chi connectivity index (χ2v) is 7.84. The topological polar surface area (TPSA) is 72.2 Å². The third-order valence-electron chi connectivity index (χ3n) is 4.68.